The van der Waals surface area contributed by atoms with Gasteiger partial charge in [-0.25, -0.2) is 0 Å². The highest BCUT2D eigenvalue weighted by atomic mass is 32.2. The van der Waals surface area contributed by atoms with Crippen molar-refractivity contribution < 1.29 is 13.2 Å². The van der Waals surface area contributed by atoms with Crippen LogP contribution in [0.2, 0.25) is 0 Å². The molecule has 4 rings (SSSR count). The third kappa shape index (κ3) is 3.76. The van der Waals surface area contributed by atoms with Gasteiger partial charge < -0.3 is 4.74 Å². The molecule has 1 atom stereocenters. The van der Waals surface area contributed by atoms with E-state index >= 15 is 0 Å². The molecule has 29 heavy (non-hydrogen) atoms. The van der Waals surface area contributed by atoms with E-state index in [-0.39, 0.29) is 10.9 Å². The fourth-order valence-corrected chi connectivity index (χ4v) is 4.84. The zero-order valence-electron chi connectivity index (χ0n) is 16.3. The van der Waals surface area contributed by atoms with Crippen molar-refractivity contribution in [3.8, 4) is 5.75 Å². The normalized spacial score (nSPS) is 16.6. The molecule has 148 valence electrons. The number of benzene rings is 3. The lowest BCUT2D eigenvalue weighted by Crippen LogP contribution is -2.27. The maximum absolute atomic E-state index is 13.4. The van der Waals surface area contributed by atoms with Crippen LogP contribution in [0.1, 0.15) is 29.2 Å². The number of hydrazone groups is 1. The largest absolute Gasteiger partial charge is 0.497 e. The van der Waals surface area contributed by atoms with Gasteiger partial charge in [-0.1, -0.05) is 48.0 Å². The summed E-state index contributed by atoms with van der Waals surface area (Å²) in [6.07, 6.45) is 0.501. The number of nitrogens with zero attached hydrogens (tertiary/aromatic N) is 2. The molecule has 0 spiro atoms. The van der Waals surface area contributed by atoms with Gasteiger partial charge in [-0.3, -0.25) is 0 Å². The van der Waals surface area contributed by atoms with Crippen molar-refractivity contribution in [1.82, 2.24) is 4.41 Å². The molecule has 0 radical (unpaired) electrons. The van der Waals surface area contributed by atoms with Crippen molar-refractivity contribution in [2.75, 3.05) is 7.11 Å². The van der Waals surface area contributed by atoms with Gasteiger partial charge in [-0.2, -0.15) is 17.9 Å². The van der Waals surface area contributed by atoms with E-state index in [4.69, 9.17) is 4.74 Å². The molecule has 0 fully saturated rings. The van der Waals surface area contributed by atoms with Crippen LogP contribution in [0.4, 0.5) is 0 Å². The number of aryl methyl sites for hydroxylation is 1. The van der Waals surface area contributed by atoms with Crippen LogP contribution >= 0.6 is 0 Å². The minimum atomic E-state index is -3.79. The van der Waals surface area contributed by atoms with E-state index in [1.807, 2.05) is 61.5 Å². The predicted octanol–water partition coefficient (Wildman–Crippen LogP) is 4.54. The van der Waals surface area contributed by atoms with Crippen LogP contribution in [0.5, 0.6) is 5.75 Å². The van der Waals surface area contributed by atoms with Gasteiger partial charge in [0.2, 0.25) is 0 Å². The van der Waals surface area contributed by atoms with Crippen molar-refractivity contribution in [1.29, 1.82) is 0 Å². The highest BCUT2D eigenvalue weighted by Gasteiger charge is 2.37. The third-order valence-corrected chi connectivity index (χ3v) is 6.74. The van der Waals surface area contributed by atoms with Crippen LogP contribution in [0.25, 0.3) is 0 Å². The minimum absolute atomic E-state index is 0.240. The Morgan fingerprint density at radius 3 is 2.21 bits per heavy atom. The first-order chi connectivity index (χ1) is 14.0. The van der Waals surface area contributed by atoms with Crippen LogP contribution in [0, 0.1) is 6.92 Å². The summed E-state index contributed by atoms with van der Waals surface area (Å²) >= 11 is 0. The average molecular weight is 407 g/mol. The van der Waals surface area contributed by atoms with Gasteiger partial charge in [0.05, 0.1) is 23.8 Å². The summed E-state index contributed by atoms with van der Waals surface area (Å²) in [5.41, 5.74) is 3.54. The Bertz CT molecular complexity index is 1120. The first kappa shape index (κ1) is 19.2. The van der Waals surface area contributed by atoms with Crippen LogP contribution in [0.15, 0.2) is 88.9 Å². The molecule has 0 saturated heterocycles. The summed E-state index contributed by atoms with van der Waals surface area (Å²) in [7, 11) is -2.17. The van der Waals surface area contributed by atoms with Gasteiger partial charge in [0, 0.05) is 6.42 Å². The standard InChI is InChI=1S/C23H22N2O3S/c1-17-8-14-21(15-9-17)29(26,27)25-23(19-6-4-3-5-7-19)16-22(24-25)18-10-12-20(28-2)13-11-18/h3-15,23H,16H2,1-2H3/t23-/m0/s1. The van der Waals surface area contributed by atoms with Crippen LogP contribution in [-0.4, -0.2) is 25.7 Å². The SMILES string of the molecule is COc1ccc(C2=NN(S(=O)(=O)c3ccc(C)cc3)[C@H](c3ccccc3)C2)cc1. The van der Waals surface area contributed by atoms with E-state index in [1.54, 1.807) is 31.4 Å². The quantitative estimate of drug-likeness (QED) is 0.625. The first-order valence-electron chi connectivity index (χ1n) is 9.37. The highest BCUT2D eigenvalue weighted by Crippen LogP contribution is 2.37. The molecule has 0 N–H and O–H groups in total. The number of ether oxygens (including phenoxy) is 1. The molecule has 0 amide bonds. The molecule has 1 aliphatic rings. The minimum Gasteiger partial charge on any atom is -0.497 e. The fourth-order valence-electron chi connectivity index (χ4n) is 3.41. The first-order valence-corrected chi connectivity index (χ1v) is 10.8. The zero-order chi connectivity index (χ0) is 20.4. The van der Waals surface area contributed by atoms with E-state index < -0.39 is 10.0 Å². The van der Waals surface area contributed by atoms with Gasteiger partial charge in [-0.15, -0.1) is 0 Å². The lowest BCUT2D eigenvalue weighted by atomic mass is 9.99. The second kappa shape index (κ2) is 7.72. The summed E-state index contributed by atoms with van der Waals surface area (Å²) < 4.78 is 33.3. The van der Waals surface area contributed by atoms with Gasteiger partial charge in [0.15, 0.2) is 0 Å². The Kier molecular flexibility index (Phi) is 5.11. The molecule has 1 aliphatic heterocycles. The summed E-state index contributed by atoms with van der Waals surface area (Å²) in [4.78, 5) is 0.240. The Morgan fingerprint density at radius 1 is 0.931 bits per heavy atom. The second-order valence-electron chi connectivity index (χ2n) is 7.00. The maximum atomic E-state index is 13.4. The smallest absolute Gasteiger partial charge is 0.279 e. The number of hydrogen-bond acceptors (Lipinski definition) is 4. The molecule has 0 unspecified atom stereocenters. The molecule has 5 nitrogen and oxygen atoms in total. The van der Waals surface area contributed by atoms with E-state index in [9.17, 15) is 8.42 Å². The van der Waals surface area contributed by atoms with Crippen LogP contribution in [0.3, 0.4) is 0 Å². The molecule has 0 saturated carbocycles. The van der Waals surface area contributed by atoms with E-state index in [1.165, 1.54) is 4.41 Å². The van der Waals surface area contributed by atoms with E-state index in [2.05, 4.69) is 5.10 Å². The Morgan fingerprint density at radius 2 is 1.59 bits per heavy atom. The summed E-state index contributed by atoms with van der Waals surface area (Å²) in [5, 5.41) is 4.56. The molecule has 0 aliphatic carbocycles. The van der Waals surface area contributed by atoms with Crippen molar-refractivity contribution in [2.24, 2.45) is 5.10 Å². The molecule has 0 bridgehead atoms. The monoisotopic (exact) mass is 406 g/mol. The molecular formula is C23H22N2O3S. The molecule has 3 aromatic carbocycles. The molecule has 0 aromatic heterocycles. The topological polar surface area (TPSA) is 59.0 Å². The molecular weight excluding hydrogens is 384 g/mol. The zero-order valence-corrected chi connectivity index (χ0v) is 17.1. The van der Waals surface area contributed by atoms with Gasteiger partial charge >= 0.3 is 0 Å². The summed E-state index contributed by atoms with van der Waals surface area (Å²) in [6, 6.07) is 23.6. The lowest BCUT2D eigenvalue weighted by Gasteiger charge is -2.23. The van der Waals surface area contributed by atoms with Crippen molar-refractivity contribution >= 4 is 15.7 Å². The number of methoxy groups -OCH3 is 1. The van der Waals surface area contributed by atoms with E-state index in [0.717, 1.165) is 28.2 Å². The Hall–Kier alpha value is -3.12. The average Bonchev–Trinajstić information content (AvgIpc) is 3.21. The fraction of sp³-hybridized carbons (Fsp3) is 0.174. The molecule has 6 heteroatoms. The van der Waals surface area contributed by atoms with E-state index in [0.29, 0.717) is 6.42 Å². The highest BCUT2D eigenvalue weighted by molar-refractivity contribution is 7.89. The molecule has 3 aromatic rings. The van der Waals surface area contributed by atoms with Crippen LogP contribution < -0.4 is 4.74 Å². The number of hydrogen-bond donors (Lipinski definition) is 0. The van der Waals surface area contributed by atoms with Gasteiger partial charge in [0.1, 0.15) is 5.75 Å². The lowest BCUT2D eigenvalue weighted by molar-refractivity contribution is 0.371. The summed E-state index contributed by atoms with van der Waals surface area (Å²) in [6.45, 7) is 1.93. The van der Waals surface area contributed by atoms with Crippen molar-refractivity contribution in [3.05, 3.63) is 95.6 Å². The number of rotatable bonds is 5. The number of sulfonamides is 1. The van der Waals surface area contributed by atoms with Crippen LogP contribution in [-0.2, 0) is 10.0 Å². The molecule has 1 heterocycles. The Labute approximate surface area is 171 Å². The van der Waals surface area contributed by atoms with Gasteiger partial charge in [-0.05, 0) is 54.4 Å². The summed E-state index contributed by atoms with van der Waals surface area (Å²) in [5.74, 6) is 0.746. The third-order valence-electron chi connectivity index (χ3n) is 5.05. The Balaban J connectivity index is 1.77. The maximum Gasteiger partial charge on any atom is 0.279 e. The van der Waals surface area contributed by atoms with Crippen molar-refractivity contribution in [2.45, 2.75) is 24.3 Å². The van der Waals surface area contributed by atoms with Gasteiger partial charge in [0.25, 0.3) is 10.0 Å². The predicted molar refractivity (Wildman–Crippen MR) is 114 cm³/mol. The second-order valence-corrected chi connectivity index (χ2v) is 8.79. The van der Waals surface area contributed by atoms with Crippen molar-refractivity contribution in [3.63, 3.8) is 0 Å².